The van der Waals surface area contributed by atoms with Crippen molar-refractivity contribution < 1.29 is 0 Å². The van der Waals surface area contributed by atoms with E-state index in [1.54, 1.807) is 0 Å². The maximum atomic E-state index is 5.95. The second kappa shape index (κ2) is 4.72. The third-order valence-electron chi connectivity index (χ3n) is 3.32. The van der Waals surface area contributed by atoms with E-state index >= 15 is 0 Å². The first-order chi connectivity index (χ1) is 8.49. The van der Waals surface area contributed by atoms with Crippen LogP contribution in [0.3, 0.4) is 0 Å². The summed E-state index contributed by atoms with van der Waals surface area (Å²) < 4.78 is 1.91. The molecule has 0 amide bonds. The Morgan fingerprint density at radius 1 is 1.28 bits per heavy atom. The van der Waals surface area contributed by atoms with Crippen LogP contribution in [0.4, 0.5) is 11.4 Å². The summed E-state index contributed by atoms with van der Waals surface area (Å²) in [5.41, 5.74) is 12.4. The van der Waals surface area contributed by atoms with Crippen molar-refractivity contribution in [2.45, 2.75) is 27.3 Å². The Kier molecular flexibility index (Phi) is 3.28. The summed E-state index contributed by atoms with van der Waals surface area (Å²) in [5.74, 6) is 0. The summed E-state index contributed by atoms with van der Waals surface area (Å²) in [6.07, 6.45) is 0. The van der Waals surface area contributed by atoms with E-state index in [1.165, 1.54) is 16.8 Å². The zero-order valence-corrected chi connectivity index (χ0v) is 11.4. The van der Waals surface area contributed by atoms with Crippen molar-refractivity contribution in [2.24, 2.45) is 7.05 Å². The fourth-order valence-electron chi connectivity index (χ4n) is 2.08. The lowest BCUT2D eigenvalue weighted by Crippen LogP contribution is -2.04. The highest BCUT2D eigenvalue weighted by atomic mass is 15.3. The van der Waals surface area contributed by atoms with Crippen molar-refractivity contribution in [1.82, 2.24) is 9.78 Å². The molecule has 1 heterocycles. The van der Waals surface area contributed by atoms with E-state index in [1.807, 2.05) is 30.8 Å². The van der Waals surface area contributed by atoms with Gasteiger partial charge < -0.3 is 11.1 Å². The topological polar surface area (TPSA) is 55.9 Å². The van der Waals surface area contributed by atoms with E-state index in [4.69, 9.17) is 5.73 Å². The molecule has 2 aromatic rings. The van der Waals surface area contributed by atoms with Gasteiger partial charge in [-0.15, -0.1) is 0 Å². The molecule has 0 spiro atoms. The largest absolute Gasteiger partial charge is 0.397 e. The van der Waals surface area contributed by atoms with Crippen LogP contribution in [0.1, 0.15) is 22.5 Å². The van der Waals surface area contributed by atoms with Crippen LogP contribution in [0.15, 0.2) is 18.2 Å². The fourth-order valence-corrected chi connectivity index (χ4v) is 2.08. The molecule has 0 aliphatic carbocycles. The Morgan fingerprint density at radius 3 is 2.61 bits per heavy atom. The van der Waals surface area contributed by atoms with Crippen LogP contribution in [0.2, 0.25) is 0 Å². The molecule has 96 valence electrons. The molecule has 0 atom stereocenters. The van der Waals surface area contributed by atoms with E-state index in [0.717, 1.165) is 23.6 Å². The Labute approximate surface area is 108 Å². The number of aryl methyl sites for hydroxylation is 3. The van der Waals surface area contributed by atoms with Crippen LogP contribution in [0.25, 0.3) is 0 Å². The Bertz CT molecular complexity index is 569. The van der Waals surface area contributed by atoms with Gasteiger partial charge in [-0.05, 0) is 38.5 Å². The highest BCUT2D eigenvalue weighted by Crippen LogP contribution is 2.21. The normalized spacial score (nSPS) is 10.7. The third-order valence-corrected chi connectivity index (χ3v) is 3.32. The lowest BCUT2D eigenvalue weighted by Gasteiger charge is -2.10. The van der Waals surface area contributed by atoms with Crippen LogP contribution in [-0.4, -0.2) is 9.78 Å². The van der Waals surface area contributed by atoms with E-state index in [-0.39, 0.29) is 0 Å². The Morgan fingerprint density at radius 2 is 2.00 bits per heavy atom. The number of benzene rings is 1. The number of anilines is 2. The monoisotopic (exact) mass is 244 g/mol. The van der Waals surface area contributed by atoms with Gasteiger partial charge in [0.05, 0.1) is 17.1 Å². The van der Waals surface area contributed by atoms with Crippen molar-refractivity contribution >= 4 is 11.4 Å². The number of nitrogen functional groups attached to an aromatic ring is 1. The first-order valence-corrected chi connectivity index (χ1v) is 6.08. The second-order valence-corrected chi connectivity index (χ2v) is 4.72. The zero-order chi connectivity index (χ0) is 13.3. The highest BCUT2D eigenvalue weighted by Gasteiger charge is 2.09. The van der Waals surface area contributed by atoms with Gasteiger partial charge in [-0.2, -0.15) is 5.10 Å². The van der Waals surface area contributed by atoms with Gasteiger partial charge in [0.25, 0.3) is 0 Å². The molecule has 3 N–H and O–H groups in total. The lowest BCUT2D eigenvalue weighted by molar-refractivity contribution is 0.730. The van der Waals surface area contributed by atoms with Crippen molar-refractivity contribution in [3.63, 3.8) is 0 Å². The number of rotatable bonds is 3. The van der Waals surface area contributed by atoms with E-state index in [9.17, 15) is 0 Å². The zero-order valence-electron chi connectivity index (χ0n) is 11.4. The predicted molar refractivity (Wildman–Crippen MR) is 75.6 cm³/mol. The maximum absolute atomic E-state index is 5.95. The van der Waals surface area contributed by atoms with Gasteiger partial charge in [0.1, 0.15) is 0 Å². The molecular formula is C14H20N4. The molecule has 2 rings (SSSR count). The molecule has 0 saturated heterocycles. The number of nitrogens with two attached hydrogens (primary N) is 1. The average Bonchev–Trinajstić information content (AvgIpc) is 2.55. The molecule has 4 nitrogen and oxygen atoms in total. The molecule has 0 unspecified atom stereocenters. The smallest absolute Gasteiger partial charge is 0.0646 e. The minimum atomic E-state index is 0.749. The molecular weight excluding hydrogens is 224 g/mol. The van der Waals surface area contributed by atoms with Gasteiger partial charge in [0, 0.05) is 24.8 Å². The molecule has 1 aromatic heterocycles. The van der Waals surface area contributed by atoms with Crippen LogP contribution in [-0.2, 0) is 13.6 Å². The number of hydrogen-bond acceptors (Lipinski definition) is 3. The number of nitrogens with one attached hydrogen (secondary N) is 1. The van der Waals surface area contributed by atoms with Crippen molar-refractivity contribution in [2.75, 3.05) is 11.1 Å². The van der Waals surface area contributed by atoms with Gasteiger partial charge >= 0.3 is 0 Å². The standard InChI is InChI=1S/C14H20N4/c1-9-5-6-13(15)14(7-9)16-8-12-10(2)17-18(4)11(12)3/h5-7,16H,8,15H2,1-4H3. The highest BCUT2D eigenvalue weighted by molar-refractivity contribution is 5.67. The van der Waals surface area contributed by atoms with Crippen molar-refractivity contribution in [1.29, 1.82) is 0 Å². The van der Waals surface area contributed by atoms with Crippen LogP contribution in [0, 0.1) is 20.8 Å². The third kappa shape index (κ3) is 2.32. The summed E-state index contributed by atoms with van der Waals surface area (Å²) in [6, 6.07) is 6.01. The maximum Gasteiger partial charge on any atom is 0.0646 e. The quantitative estimate of drug-likeness (QED) is 0.816. The van der Waals surface area contributed by atoms with E-state index < -0.39 is 0 Å². The van der Waals surface area contributed by atoms with Crippen molar-refractivity contribution in [3.05, 3.63) is 40.7 Å². The average molecular weight is 244 g/mol. The van der Waals surface area contributed by atoms with Crippen LogP contribution >= 0.6 is 0 Å². The predicted octanol–water partition coefficient (Wildman–Crippen LogP) is 2.54. The van der Waals surface area contributed by atoms with Crippen LogP contribution in [0.5, 0.6) is 0 Å². The van der Waals surface area contributed by atoms with Gasteiger partial charge in [-0.3, -0.25) is 4.68 Å². The number of aromatic nitrogens is 2. The fraction of sp³-hybridized carbons (Fsp3) is 0.357. The summed E-state index contributed by atoms with van der Waals surface area (Å²) in [5, 5.41) is 7.79. The molecule has 0 radical (unpaired) electrons. The summed E-state index contributed by atoms with van der Waals surface area (Å²) in [4.78, 5) is 0. The minimum Gasteiger partial charge on any atom is -0.397 e. The number of nitrogens with zero attached hydrogens (tertiary/aromatic N) is 2. The van der Waals surface area contributed by atoms with Gasteiger partial charge in [-0.1, -0.05) is 6.07 Å². The van der Waals surface area contributed by atoms with Gasteiger partial charge in [-0.25, -0.2) is 0 Å². The van der Waals surface area contributed by atoms with Crippen molar-refractivity contribution in [3.8, 4) is 0 Å². The molecule has 4 heteroatoms. The molecule has 1 aromatic carbocycles. The summed E-state index contributed by atoms with van der Waals surface area (Å²) >= 11 is 0. The molecule has 0 aliphatic rings. The van der Waals surface area contributed by atoms with E-state index in [0.29, 0.717) is 0 Å². The summed E-state index contributed by atoms with van der Waals surface area (Å²) in [6.45, 7) is 6.92. The van der Waals surface area contributed by atoms with Gasteiger partial charge in [0.2, 0.25) is 0 Å². The number of hydrogen-bond donors (Lipinski definition) is 2. The van der Waals surface area contributed by atoms with Crippen LogP contribution < -0.4 is 11.1 Å². The second-order valence-electron chi connectivity index (χ2n) is 4.72. The Balaban J connectivity index is 2.19. The molecule has 0 aliphatic heterocycles. The minimum absolute atomic E-state index is 0.749. The first-order valence-electron chi connectivity index (χ1n) is 6.08. The molecule has 18 heavy (non-hydrogen) atoms. The molecule has 0 bridgehead atoms. The molecule has 0 fully saturated rings. The summed E-state index contributed by atoms with van der Waals surface area (Å²) in [7, 11) is 1.97. The Hall–Kier alpha value is -1.97. The SMILES string of the molecule is Cc1ccc(N)c(NCc2c(C)nn(C)c2C)c1. The molecule has 0 saturated carbocycles. The lowest BCUT2D eigenvalue weighted by atomic mass is 10.1. The van der Waals surface area contributed by atoms with E-state index in [2.05, 4.69) is 30.3 Å². The van der Waals surface area contributed by atoms with Gasteiger partial charge in [0.15, 0.2) is 0 Å². The first kappa shape index (κ1) is 12.5.